The number of benzene rings is 1. The van der Waals surface area contributed by atoms with E-state index in [0.717, 1.165) is 31.2 Å². The zero-order chi connectivity index (χ0) is 20.1. The Labute approximate surface area is 157 Å². The summed E-state index contributed by atoms with van der Waals surface area (Å²) in [5, 5.41) is 10.2. The van der Waals surface area contributed by atoms with Gasteiger partial charge < -0.3 is 20.9 Å². The Morgan fingerprint density at radius 1 is 1.25 bits per heavy atom. The van der Waals surface area contributed by atoms with E-state index in [1.54, 1.807) is 12.3 Å². The van der Waals surface area contributed by atoms with E-state index in [9.17, 15) is 18.0 Å². The zero-order valence-corrected chi connectivity index (χ0v) is 14.5. The summed E-state index contributed by atoms with van der Waals surface area (Å²) >= 11 is 0. The van der Waals surface area contributed by atoms with Crippen LogP contribution in [0.3, 0.4) is 0 Å². The van der Waals surface area contributed by atoms with Crippen LogP contribution in [0.2, 0.25) is 0 Å². The van der Waals surface area contributed by atoms with Crippen molar-refractivity contribution < 1.29 is 18.0 Å². The molecule has 0 spiro atoms. The number of anilines is 2. The van der Waals surface area contributed by atoms with Gasteiger partial charge in [-0.3, -0.25) is 4.79 Å². The molecule has 3 aromatic rings. The first-order valence-corrected chi connectivity index (χ1v) is 8.58. The highest BCUT2D eigenvalue weighted by molar-refractivity contribution is 5.96. The zero-order valence-electron chi connectivity index (χ0n) is 14.5. The fourth-order valence-electron chi connectivity index (χ4n) is 3.11. The number of nitrogen functional groups attached to an aromatic ring is 1. The molecule has 0 aliphatic heterocycles. The summed E-state index contributed by atoms with van der Waals surface area (Å²) in [6, 6.07) is 5.11. The van der Waals surface area contributed by atoms with E-state index in [1.807, 2.05) is 0 Å². The summed E-state index contributed by atoms with van der Waals surface area (Å²) < 4.78 is 42.2. The number of hydrogen-bond acceptors (Lipinski definition) is 4. The Morgan fingerprint density at radius 3 is 2.64 bits per heavy atom. The predicted molar refractivity (Wildman–Crippen MR) is 99.3 cm³/mol. The summed E-state index contributed by atoms with van der Waals surface area (Å²) in [4.78, 5) is 16.2. The maximum atomic E-state index is 13.5. The van der Waals surface area contributed by atoms with E-state index in [2.05, 4.69) is 10.3 Å². The number of nitrogens with one attached hydrogen (secondary N) is 2. The summed E-state index contributed by atoms with van der Waals surface area (Å²) in [5.41, 5.74) is 5.56. The molecular formula is C19H16F3N5O. The molecule has 2 heterocycles. The van der Waals surface area contributed by atoms with Crippen molar-refractivity contribution in [3.8, 4) is 11.1 Å². The molecule has 2 aromatic heterocycles. The molecule has 28 heavy (non-hydrogen) atoms. The highest BCUT2D eigenvalue weighted by Crippen LogP contribution is 2.40. The van der Waals surface area contributed by atoms with Gasteiger partial charge in [-0.05, 0) is 42.7 Å². The van der Waals surface area contributed by atoms with Gasteiger partial charge >= 0.3 is 6.18 Å². The number of fused-ring (bicyclic) bond motifs is 1. The number of aromatic nitrogens is 2. The van der Waals surface area contributed by atoms with Gasteiger partial charge in [0.2, 0.25) is 5.91 Å². The van der Waals surface area contributed by atoms with Crippen molar-refractivity contribution in [2.75, 3.05) is 11.1 Å². The number of rotatable bonds is 4. The van der Waals surface area contributed by atoms with E-state index >= 15 is 0 Å². The molecular weight excluding hydrogens is 371 g/mol. The van der Waals surface area contributed by atoms with Crippen molar-refractivity contribution in [2.45, 2.75) is 19.0 Å². The van der Waals surface area contributed by atoms with Crippen LogP contribution in [0.5, 0.6) is 0 Å². The third-order valence-corrected chi connectivity index (χ3v) is 4.67. The van der Waals surface area contributed by atoms with Gasteiger partial charge in [0, 0.05) is 35.1 Å². The molecule has 4 rings (SSSR count). The van der Waals surface area contributed by atoms with Crippen LogP contribution in [0.4, 0.5) is 24.7 Å². The van der Waals surface area contributed by atoms with Gasteiger partial charge in [0.15, 0.2) is 5.82 Å². The van der Waals surface area contributed by atoms with E-state index in [-0.39, 0.29) is 34.2 Å². The molecule has 0 radical (unpaired) electrons. The molecule has 1 aliphatic carbocycles. The van der Waals surface area contributed by atoms with Crippen LogP contribution in [-0.4, -0.2) is 21.5 Å². The fourth-order valence-corrected chi connectivity index (χ4v) is 3.11. The number of imidazole rings is 1. The van der Waals surface area contributed by atoms with Crippen molar-refractivity contribution in [1.29, 1.82) is 5.41 Å². The lowest BCUT2D eigenvalue weighted by molar-refractivity contribution is -0.137. The molecule has 6 nitrogen and oxygen atoms in total. The molecule has 0 bridgehead atoms. The van der Waals surface area contributed by atoms with Gasteiger partial charge in [-0.15, -0.1) is 0 Å². The first-order valence-electron chi connectivity index (χ1n) is 8.58. The lowest BCUT2D eigenvalue weighted by atomic mass is 9.94. The third-order valence-electron chi connectivity index (χ3n) is 4.67. The standard InChI is InChI=1S/C19H16F3N5O/c20-19(21,22)13-4-5-14(24)12(7-23)17(13)11-3-6-16-25-15(9-27(16)8-11)26-18(28)10-1-2-10/h3-10,23H,1-2,24H2,(H,26,28). The molecule has 9 heteroatoms. The van der Waals surface area contributed by atoms with Crippen LogP contribution in [0.15, 0.2) is 36.7 Å². The maximum absolute atomic E-state index is 13.5. The molecule has 144 valence electrons. The quantitative estimate of drug-likeness (QED) is 0.467. The normalized spacial score (nSPS) is 14.2. The lowest BCUT2D eigenvalue weighted by Crippen LogP contribution is -2.13. The number of nitrogens with zero attached hydrogens (tertiary/aromatic N) is 2. The maximum Gasteiger partial charge on any atom is 0.417 e. The van der Waals surface area contributed by atoms with Gasteiger partial charge in [-0.2, -0.15) is 13.2 Å². The minimum atomic E-state index is -4.60. The van der Waals surface area contributed by atoms with Gasteiger partial charge in [0.25, 0.3) is 0 Å². The van der Waals surface area contributed by atoms with E-state index in [0.29, 0.717) is 11.5 Å². The minimum absolute atomic E-state index is 0.00319. The van der Waals surface area contributed by atoms with Gasteiger partial charge in [-0.25, -0.2) is 4.98 Å². The average molecular weight is 387 g/mol. The number of amides is 1. The fraction of sp³-hybridized carbons (Fsp3) is 0.211. The summed E-state index contributed by atoms with van der Waals surface area (Å²) in [6.45, 7) is 0. The summed E-state index contributed by atoms with van der Waals surface area (Å²) in [7, 11) is 0. The van der Waals surface area contributed by atoms with Crippen molar-refractivity contribution in [3.63, 3.8) is 0 Å². The van der Waals surface area contributed by atoms with Crippen LogP contribution >= 0.6 is 0 Å². The Bertz CT molecular complexity index is 1100. The number of carbonyl (C=O) groups is 1. The van der Waals surface area contributed by atoms with Crippen molar-refractivity contribution in [2.24, 2.45) is 5.92 Å². The lowest BCUT2D eigenvalue weighted by Gasteiger charge is -2.17. The molecule has 1 fully saturated rings. The molecule has 4 N–H and O–H groups in total. The Hall–Kier alpha value is -3.36. The van der Waals surface area contributed by atoms with Crippen molar-refractivity contribution >= 4 is 29.3 Å². The molecule has 1 aromatic carbocycles. The third kappa shape index (κ3) is 3.19. The monoisotopic (exact) mass is 387 g/mol. The first-order chi connectivity index (χ1) is 13.3. The molecule has 0 atom stereocenters. The van der Waals surface area contributed by atoms with Crippen molar-refractivity contribution in [1.82, 2.24) is 9.38 Å². The molecule has 0 unspecified atom stereocenters. The number of halogens is 3. The van der Waals surface area contributed by atoms with Crippen LogP contribution in [0.1, 0.15) is 24.0 Å². The van der Waals surface area contributed by atoms with Gasteiger partial charge in [0.05, 0.1) is 11.8 Å². The summed E-state index contributed by atoms with van der Waals surface area (Å²) in [6.07, 6.45) is 0.944. The minimum Gasteiger partial charge on any atom is -0.398 e. The molecule has 1 saturated carbocycles. The molecule has 1 amide bonds. The second kappa shape index (κ2) is 6.36. The second-order valence-electron chi connectivity index (χ2n) is 6.71. The van der Waals surface area contributed by atoms with Crippen LogP contribution in [0, 0.1) is 11.3 Å². The van der Waals surface area contributed by atoms with Crippen molar-refractivity contribution in [3.05, 3.63) is 47.8 Å². The number of nitrogens with two attached hydrogens (primary N) is 1. The largest absolute Gasteiger partial charge is 0.417 e. The smallest absolute Gasteiger partial charge is 0.398 e. The SMILES string of the molecule is N=Cc1c(N)ccc(C(F)(F)F)c1-c1ccc2nc(NC(=O)C3CC3)cn2c1. The van der Waals surface area contributed by atoms with Crippen LogP contribution < -0.4 is 11.1 Å². The Balaban J connectivity index is 1.81. The molecule has 0 saturated heterocycles. The number of carbonyl (C=O) groups excluding carboxylic acids is 1. The molecule has 1 aliphatic rings. The number of alkyl halides is 3. The van der Waals surface area contributed by atoms with Gasteiger partial charge in [-0.1, -0.05) is 0 Å². The highest BCUT2D eigenvalue weighted by Gasteiger charge is 2.35. The first kappa shape index (κ1) is 18.0. The van der Waals surface area contributed by atoms with Crippen LogP contribution in [0.25, 0.3) is 16.8 Å². The number of pyridine rings is 1. The van der Waals surface area contributed by atoms with E-state index in [1.165, 1.54) is 16.7 Å². The highest BCUT2D eigenvalue weighted by atomic mass is 19.4. The van der Waals surface area contributed by atoms with E-state index < -0.39 is 11.7 Å². The topological polar surface area (TPSA) is 96.3 Å². The second-order valence-corrected chi connectivity index (χ2v) is 6.71. The van der Waals surface area contributed by atoms with Crippen LogP contribution in [-0.2, 0) is 11.0 Å². The van der Waals surface area contributed by atoms with E-state index in [4.69, 9.17) is 11.1 Å². The average Bonchev–Trinajstić information content (AvgIpc) is 3.40. The Morgan fingerprint density at radius 2 is 2.00 bits per heavy atom. The summed E-state index contributed by atoms with van der Waals surface area (Å²) in [5.74, 6) is 0.243. The predicted octanol–water partition coefficient (Wildman–Crippen LogP) is 3.95. The number of hydrogen-bond donors (Lipinski definition) is 3. The van der Waals surface area contributed by atoms with Gasteiger partial charge in [0.1, 0.15) is 5.65 Å². The Kier molecular flexibility index (Phi) is 4.10.